The number of nitrogens with zero attached hydrogens (tertiary/aromatic N) is 1. The minimum Gasteiger partial charge on any atom is -0.381 e. The lowest BCUT2D eigenvalue weighted by Gasteiger charge is -2.32. The van der Waals surface area contributed by atoms with Gasteiger partial charge in [0.15, 0.2) is 0 Å². The first kappa shape index (κ1) is 20.3. The van der Waals surface area contributed by atoms with Gasteiger partial charge in [0.2, 0.25) is 5.91 Å². The Kier molecular flexibility index (Phi) is 6.64. The highest BCUT2D eigenvalue weighted by atomic mass is 79.9. The zero-order chi connectivity index (χ0) is 20.1. The van der Waals surface area contributed by atoms with Gasteiger partial charge in [0.25, 0.3) is 5.91 Å². The van der Waals surface area contributed by atoms with Crippen molar-refractivity contribution in [3.8, 4) is 0 Å². The first-order valence-corrected chi connectivity index (χ1v) is 9.84. The van der Waals surface area contributed by atoms with E-state index in [9.17, 15) is 14.0 Å². The van der Waals surface area contributed by atoms with Crippen LogP contribution in [0.4, 0.5) is 15.8 Å². The van der Waals surface area contributed by atoms with E-state index in [0.29, 0.717) is 16.7 Å². The predicted octanol–water partition coefficient (Wildman–Crippen LogP) is 3.20. The summed E-state index contributed by atoms with van der Waals surface area (Å²) in [6.45, 7) is 1.77. The van der Waals surface area contributed by atoms with Crippen molar-refractivity contribution in [2.75, 3.05) is 30.3 Å². The normalized spacial score (nSPS) is 15.2. The molecule has 1 heterocycles. The van der Waals surface area contributed by atoms with Crippen LogP contribution >= 0.6 is 15.9 Å². The number of hydrogen-bond donors (Lipinski definition) is 3. The van der Waals surface area contributed by atoms with Crippen LogP contribution in [0.2, 0.25) is 0 Å². The standard InChI is InChI=1S/C20H22BrFN4O2/c21-13-10-16(22)19(20(23)28)17(11-13)24-15-6-8-26(9-7-15)12-18(27)25-14-4-2-1-3-5-14/h1-5,10-11,15,24H,6-9,12H2,(H2,23,28)(H,25,27). The minimum absolute atomic E-state index is 0.0531. The van der Waals surface area contributed by atoms with Crippen LogP contribution in [-0.2, 0) is 4.79 Å². The number of amides is 2. The van der Waals surface area contributed by atoms with Gasteiger partial charge in [-0.25, -0.2) is 4.39 Å². The van der Waals surface area contributed by atoms with Gasteiger partial charge >= 0.3 is 0 Å². The van der Waals surface area contributed by atoms with E-state index in [1.54, 1.807) is 6.07 Å². The average molecular weight is 449 g/mol. The largest absolute Gasteiger partial charge is 0.381 e. The first-order valence-electron chi connectivity index (χ1n) is 9.05. The lowest BCUT2D eigenvalue weighted by atomic mass is 10.0. The smallest absolute Gasteiger partial charge is 0.253 e. The third kappa shape index (κ3) is 5.30. The van der Waals surface area contributed by atoms with Gasteiger partial charge in [-0.3, -0.25) is 14.5 Å². The number of rotatable bonds is 6. The van der Waals surface area contributed by atoms with Gasteiger partial charge in [-0.15, -0.1) is 0 Å². The summed E-state index contributed by atoms with van der Waals surface area (Å²) in [5, 5.41) is 6.11. The lowest BCUT2D eigenvalue weighted by molar-refractivity contribution is -0.117. The molecular formula is C20H22BrFN4O2. The fourth-order valence-electron chi connectivity index (χ4n) is 3.32. The summed E-state index contributed by atoms with van der Waals surface area (Å²) in [6, 6.07) is 12.3. The van der Waals surface area contributed by atoms with Gasteiger partial charge in [-0.2, -0.15) is 0 Å². The molecule has 6 nitrogen and oxygen atoms in total. The molecule has 28 heavy (non-hydrogen) atoms. The topological polar surface area (TPSA) is 87.5 Å². The van der Waals surface area contributed by atoms with Crippen LogP contribution in [0, 0.1) is 5.82 Å². The highest BCUT2D eigenvalue weighted by molar-refractivity contribution is 9.10. The number of primary amides is 1. The number of nitrogens with one attached hydrogen (secondary N) is 2. The molecule has 0 spiro atoms. The summed E-state index contributed by atoms with van der Waals surface area (Å²) in [4.78, 5) is 25.9. The Labute approximate surface area is 171 Å². The lowest BCUT2D eigenvalue weighted by Crippen LogP contribution is -2.42. The fourth-order valence-corrected chi connectivity index (χ4v) is 3.75. The predicted molar refractivity (Wildman–Crippen MR) is 111 cm³/mol. The molecule has 0 radical (unpaired) electrons. The van der Waals surface area contributed by atoms with Crippen LogP contribution < -0.4 is 16.4 Å². The summed E-state index contributed by atoms with van der Waals surface area (Å²) < 4.78 is 14.6. The molecule has 1 fully saturated rings. The maximum absolute atomic E-state index is 14.1. The van der Waals surface area contributed by atoms with E-state index in [1.165, 1.54) is 6.07 Å². The minimum atomic E-state index is -0.803. The Morgan fingerprint density at radius 3 is 2.50 bits per heavy atom. The third-order valence-electron chi connectivity index (χ3n) is 4.67. The van der Waals surface area contributed by atoms with Crippen LogP contribution in [0.5, 0.6) is 0 Å². The Morgan fingerprint density at radius 2 is 1.86 bits per heavy atom. The van der Waals surface area contributed by atoms with Crippen LogP contribution in [0.25, 0.3) is 0 Å². The Bertz CT molecular complexity index is 855. The molecule has 0 aliphatic carbocycles. The molecule has 148 valence electrons. The van der Waals surface area contributed by atoms with E-state index >= 15 is 0 Å². The number of piperidine rings is 1. The van der Waals surface area contributed by atoms with Crippen LogP contribution in [0.3, 0.4) is 0 Å². The second-order valence-corrected chi connectivity index (χ2v) is 7.70. The number of anilines is 2. The Balaban J connectivity index is 1.53. The van der Waals surface area contributed by atoms with E-state index in [4.69, 9.17) is 5.73 Å². The van der Waals surface area contributed by atoms with Gasteiger partial charge in [-0.05, 0) is 37.1 Å². The van der Waals surface area contributed by atoms with E-state index in [-0.39, 0.29) is 17.5 Å². The zero-order valence-corrected chi connectivity index (χ0v) is 16.8. The molecular weight excluding hydrogens is 427 g/mol. The number of carbonyl (C=O) groups is 2. The van der Waals surface area contributed by atoms with Crippen LogP contribution in [0.1, 0.15) is 23.2 Å². The molecule has 0 bridgehead atoms. The zero-order valence-electron chi connectivity index (χ0n) is 15.3. The number of halogens is 2. The summed E-state index contributed by atoms with van der Waals surface area (Å²) in [5.41, 5.74) is 6.36. The van der Waals surface area contributed by atoms with Crippen molar-refractivity contribution in [2.45, 2.75) is 18.9 Å². The Hall–Kier alpha value is -2.45. The molecule has 1 aliphatic rings. The van der Waals surface area contributed by atoms with Crippen molar-refractivity contribution in [2.24, 2.45) is 5.73 Å². The number of para-hydroxylation sites is 1. The maximum Gasteiger partial charge on any atom is 0.253 e. The van der Waals surface area contributed by atoms with Crippen molar-refractivity contribution in [3.63, 3.8) is 0 Å². The summed E-state index contributed by atoms with van der Waals surface area (Å²) in [6.07, 6.45) is 1.54. The average Bonchev–Trinajstić information content (AvgIpc) is 2.63. The molecule has 8 heteroatoms. The van der Waals surface area contributed by atoms with Gasteiger partial charge in [-0.1, -0.05) is 34.1 Å². The number of hydrogen-bond acceptors (Lipinski definition) is 4. The van der Waals surface area contributed by atoms with Crippen LogP contribution in [0.15, 0.2) is 46.9 Å². The van der Waals surface area contributed by atoms with Crippen molar-refractivity contribution in [1.29, 1.82) is 0 Å². The van der Waals surface area contributed by atoms with Crippen molar-refractivity contribution >= 4 is 39.1 Å². The van der Waals surface area contributed by atoms with Gasteiger partial charge in [0, 0.05) is 29.3 Å². The molecule has 0 unspecified atom stereocenters. The second kappa shape index (κ2) is 9.16. The molecule has 0 atom stereocenters. The summed E-state index contributed by atoms with van der Waals surface area (Å²) in [7, 11) is 0. The molecule has 1 saturated heterocycles. The number of nitrogens with two attached hydrogens (primary N) is 1. The number of benzene rings is 2. The molecule has 2 aromatic rings. The van der Waals surface area contributed by atoms with E-state index in [1.807, 2.05) is 30.3 Å². The SMILES string of the molecule is NC(=O)c1c(F)cc(Br)cc1NC1CCN(CC(=O)Nc2ccccc2)CC1. The maximum atomic E-state index is 14.1. The molecule has 2 aromatic carbocycles. The quantitative estimate of drug-likeness (QED) is 0.632. The molecule has 2 amide bonds. The van der Waals surface area contributed by atoms with Crippen molar-refractivity contribution in [3.05, 3.63) is 58.3 Å². The third-order valence-corrected chi connectivity index (χ3v) is 5.13. The number of carbonyl (C=O) groups excluding carboxylic acids is 2. The van der Waals surface area contributed by atoms with Crippen molar-refractivity contribution in [1.82, 2.24) is 4.90 Å². The highest BCUT2D eigenvalue weighted by Crippen LogP contribution is 2.27. The highest BCUT2D eigenvalue weighted by Gasteiger charge is 2.23. The molecule has 1 aliphatic heterocycles. The summed E-state index contributed by atoms with van der Waals surface area (Å²) in [5.74, 6) is -1.51. The van der Waals surface area contributed by atoms with Crippen molar-refractivity contribution < 1.29 is 14.0 Å². The first-order chi connectivity index (χ1) is 13.4. The van der Waals surface area contributed by atoms with Crippen LogP contribution in [-0.4, -0.2) is 42.4 Å². The molecule has 3 rings (SSSR count). The van der Waals surface area contributed by atoms with E-state index in [2.05, 4.69) is 31.5 Å². The van der Waals surface area contributed by atoms with E-state index in [0.717, 1.165) is 31.6 Å². The van der Waals surface area contributed by atoms with E-state index < -0.39 is 11.7 Å². The van der Waals surface area contributed by atoms with Gasteiger partial charge in [0.1, 0.15) is 5.82 Å². The molecule has 4 N–H and O–H groups in total. The van der Waals surface area contributed by atoms with Gasteiger partial charge < -0.3 is 16.4 Å². The monoisotopic (exact) mass is 448 g/mol. The second-order valence-electron chi connectivity index (χ2n) is 6.78. The molecule has 0 saturated carbocycles. The molecule has 0 aromatic heterocycles. The fraction of sp³-hybridized carbons (Fsp3) is 0.300. The Morgan fingerprint density at radius 1 is 1.18 bits per heavy atom. The number of likely N-dealkylation sites (tertiary alicyclic amines) is 1. The van der Waals surface area contributed by atoms with Gasteiger partial charge in [0.05, 0.1) is 17.8 Å². The summed E-state index contributed by atoms with van der Waals surface area (Å²) >= 11 is 3.24.